The number of aromatic carboxylic acids is 1. The van der Waals surface area contributed by atoms with Gasteiger partial charge in [0.2, 0.25) is 0 Å². The molecular weight excluding hydrogens is 570 g/mol. The predicted octanol–water partition coefficient (Wildman–Crippen LogP) is 2.81. The van der Waals surface area contributed by atoms with Crippen molar-refractivity contribution in [3.05, 3.63) is 91.5 Å². The van der Waals surface area contributed by atoms with Crippen molar-refractivity contribution in [2.75, 3.05) is 33.0 Å². The van der Waals surface area contributed by atoms with E-state index in [1.54, 1.807) is 16.7 Å². The molecule has 232 valence electrons. The molecule has 2 aliphatic heterocycles. The van der Waals surface area contributed by atoms with E-state index in [-0.39, 0.29) is 29.1 Å². The molecule has 12 nitrogen and oxygen atoms in total. The van der Waals surface area contributed by atoms with Gasteiger partial charge in [0.05, 0.1) is 61.7 Å². The van der Waals surface area contributed by atoms with Gasteiger partial charge in [-0.05, 0) is 44.0 Å². The number of carbonyl (C=O) groups is 2. The maximum Gasteiger partial charge on any atom is 0.336 e. The normalized spacial score (nSPS) is 15.4. The highest BCUT2D eigenvalue weighted by molar-refractivity contribution is 6.06. The van der Waals surface area contributed by atoms with E-state index < -0.39 is 18.5 Å². The van der Waals surface area contributed by atoms with Crippen molar-refractivity contribution in [3.63, 3.8) is 0 Å². The van der Waals surface area contributed by atoms with Gasteiger partial charge in [-0.1, -0.05) is 24.3 Å². The summed E-state index contributed by atoms with van der Waals surface area (Å²) in [5.74, 6) is -1.35. The Morgan fingerprint density at radius 1 is 0.750 bits per heavy atom. The van der Waals surface area contributed by atoms with Gasteiger partial charge >= 0.3 is 5.97 Å². The van der Waals surface area contributed by atoms with Gasteiger partial charge in [0.1, 0.15) is 0 Å². The van der Waals surface area contributed by atoms with Crippen molar-refractivity contribution in [3.8, 4) is 0 Å². The van der Waals surface area contributed by atoms with Crippen LogP contribution < -0.4 is 16.4 Å². The molecule has 4 aromatic rings. The van der Waals surface area contributed by atoms with Gasteiger partial charge in [-0.25, -0.2) is 4.79 Å². The molecule has 4 heterocycles. The van der Waals surface area contributed by atoms with E-state index in [9.17, 15) is 24.3 Å². The number of amides is 1. The Morgan fingerprint density at radius 3 is 1.61 bits per heavy atom. The van der Waals surface area contributed by atoms with Crippen LogP contribution in [0.4, 0.5) is 0 Å². The number of carboxylic acids is 1. The number of carboxylic acid groups (broad SMARTS) is 1. The van der Waals surface area contributed by atoms with Gasteiger partial charge in [0, 0.05) is 29.4 Å². The zero-order valence-electron chi connectivity index (χ0n) is 24.8. The number of ether oxygens (including phenoxy) is 4. The van der Waals surface area contributed by atoms with E-state index in [2.05, 4.69) is 5.32 Å². The number of aromatic nitrogens is 2. The van der Waals surface area contributed by atoms with Gasteiger partial charge in [-0.3, -0.25) is 14.4 Å². The quantitative estimate of drug-likeness (QED) is 0.325. The minimum atomic E-state index is -1.11. The largest absolute Gasteiger partial charge is 0.478 e. The van der Waals surface area contributed by atoms with Gasteiger partial charge < -0.3 is 38.5 Å². The minimum Gasteiger partial charge on any atom is -0.478 e. The molecule has 0 saturated carbocycles. The molecule has 0 radical (unpaired) electrons. The second-order valence-corrected chi connectivity index (χ2v) is 10.6. The van der Waals surface area contributed by atoms with Crippen LogP contribution >= 0.6 is 0 Å². The van der Waals surface area contributed by atoms with E-state index in [0.29, 0.717) is 56.0 Å². The van der Waals surface area contributed by atoms with Gasteiger partial charge in [-0.15, -0.1) is 0 Å². The summed E-state index contributed by atoms with van der Waals surface area (Å²) in [5.41, 5.74) is 3.08. The summed E-state index contributed by atoms with van der Waals surface area (Å²) in [6, 6.07) is 13.6. The van der Waals surface area contributed by atoms with Gasteiger partial charge in [-0.2, -0.15) is 0 Å². The lowest BCUT2D eigenvalue weighted by Crippen LogP contribution is -2.30. The van der Waals surface area contributed by atoms with E-state index in [1.165, 1.54) is 10.6 Å². The molecule has 2 fully saturated rings. The lowest BCUT2D eigenvalue weighted by atomic mass is 10.1. The second-order valence-electron chi connectivity index (χ2n) is 10.6. The minimum absolute atomic E-state index is 0.0134. The molecule has 0 bridgehead atoms. The fourth-order valence-electron chi connectivity index (χ4n) is 5.30. The molecule has 2 N–H and O–H groups in total. The molecule has 1 amide bonds. The molecule has 44 heavy (non-hydrogen) atoms. The monoisotopic (exact) mass is 605 g/mol. The highest BCUT2D eigenvalue weighted by Gasteiger charge is 2.22. The van der Waals surface area contributed by atoms with E-state index in [0.717, 1.165) is 28.1 Å². The Kier molecular flexibility index (Phi) is 9.55. The molecule has 0 spiro atoms. The predicted molar refractivity (Wildman–Crippen MR) is 162 cm³/mol. The van der Waals surface area contributed by atoms with Crippen LogP contribution in [-0.2, 0) is 32.0 Å². The van der Waals surface area contributed by atoms with Crippen molar-refractivity contribution < 1.29 is 33.6 Å². The van der Waals surface area contributed by atoms with Crippen LogP contribution in [0.15, 0.2) is 58.1 Å². The van der Waals surface area contributed by atoms with Gasteiger partial charge in [0.15, 0.2) is 12.6 Å². The van der Waals surface area contributed by atoms with E-state index >= 15 is 0 Å². The lowest BCUT2D eigenvalue weighted by Gasteiger charge is -2.16. The molecule has 2 aliphatic rings. The van der Waals surface area contributed by atoms with Crippen molar-refractivity contribution in [2.24, 2.45) is 0 Å². The third kappa shape index (κ3) is 6.73. The molecule has 0 atom stereocenters. The van der Waals surface area contributed by atoms with Crippen LogP contribution in [0.3, 0.4) is 0 Å². The molecule has 0 unspecified atom stereocenters. The van der Waals surface area contributed by atoms with Gasteiger partial charge in [0.25, 0.3) is 17.0 Å². The molecular formula is C32H35N3O9. The third-order valence-electron chi connectivity index (χ3n) is 7.39. The topological polar surface area (TPSA) is 147 Å². The number of carbonyl (C=O) groups excluding carboxylic acids is 1. The number of aryl methyl sites for hydroxylation is 2. The smallest absolute Gasteiger partial charge is 0.336 e. The summed E-state index contributed by atoms with van der Waals surface area (Å²) in [5, 5.41) is 13.3. The summed E-state index contributed by atoms with van der Waals surface area (Å²) in [6.07, 6.45) is -0.895. The molecule has 12 heteroatoms. The standard InChI is InChI=1S/C17H20N2O4.C15H15NO5/c1-3-18-17(21)13-9-15(20)19(10-16-22-6-7-23-16)14-8-11(2)4-5-12(13)14;1-9-2-3-10-11(15(18)19)7-13(17)16(12(10)6-9)8-14-20-4-5-21-14/h4-5,8-9,16H,3,6-7,10H2,1-2H3,(H,18,21);2-3,6-7,14H,4-5,8H2,1H3,(H,18,19). The van der Waals surface area contributed by atoms with E-state index in [4.69, 9.17) is 18.9 Å². The number of pyridine rings is 2. The average Bonchev–Trinajstić information content (AvgIpc) is 3.71. The number of rotatable bonds is 7. The number of hydrogen-bond donors (Lipinski definition) is 2. The number of fused-ring (bicyclic) bond motifs is 2. The lowest BCUT2D eigenvalue weighted by molar-refractivity contribution is -0.0525. The Bertz CT molecular complexity index is 1820. The van der Waals surface area contributed by atoms with Crippen LogP contribution in [0.5, 0.6) is 0 Å². The first-order valence-electron chi connectivity index (χ1n) is 14.4. The summed E-state index contributed by atoms with van der Waals surface area (Å²) < 4.78 is 24.7. The molecule has 2 saturated heterocycles. The molecule has 6 rings (SSSR count). The van der Waals surface area contributed by atoms with Crippen molar-refractivity contribution in [1.82, 2.24) is 14.5 Å². The summed E-state index contributed by atoms with van der Waals surface area (Å²) in [4.78, 5) is 48.3. The Labute approximate surface area is 252 Å². The van der Waals surface area contributed by atoms with E-state index in [1.807, 2.05) is 45.0 Å². The zero-order chi connectivity index (χ0) is 31.4. The van der Waals surface area contributed by atoms with Crippen LogP contribution in [0.1, 0.15) is 38.8 Å². The molecule has 2 aromatic heterocycles. The summed E-state index contributed by atoms with van der Waals surface area (Å²) >= 11 is 0. The Hall–Kier alpha value is -4.36. The van der Waals surface area contributed by atoms with Crippen LogP contribution in [0.25, 0.3) is 21.8 Å². The molecule has 0 aliphatic carbocycles. The summed E-state index contributed by atoms with van der Waals surface area (Å²) in [7, 11) is 0. The zero-order valence-corrected chi connectivity index (χ0v) is 24.8. The first kappa shape index (κ1) is 31.1. The maximum absolute atomic E-state index is 12.5. The van der Waals surface area contributed by atoms with Crippen LogP contribution in [-0.4, -0.2) is 71.7 Å². The fraction of sp³-hybridized carbons (Fsp3) is 0.375. The SMILES string of the molecule is CCNC(=O)c1cc(=O)n(CC2OCCO2)c2cc(C)ccc12.Cc1ccc2c(C(=O)O)cc(=O)n(CC3OCCO3)c2c1. The van der Waals surface area contributed by atoms with Crippen LogP contribution in [0.2, 0.25) is 0 Å². The first-order chi connectivity index (χ1) is 21.2. The van der Waals surface area contributed by atoms with Crippen LogP contribution in [0, 0.1) is 13.8 Å². The number of hydrogen-bond acceptors (Lipinski definition) is 8. The molecule has 2 aromatic carbocycles. The highest BCUT2D eigenvalue weighted by atomic mass is 16.7. The third-order valence-corrected chi connectivity index (χ3v) is 7.39. The number of benzene rings is 2. The highest BCUT2D eigenvalue weighted by Crippen LogP contribution is 2.21. The fourth-order valence-corrected chi connectivity index (χ4v) is 5.30. The maximum atomic E-state index is 12.5. The van der Waals surface area contributed by atoms with Crippen molar-refractivity contribution in [2.45, 2.75) is 46.4 Å². The second kappa shape index (κ2) is 13.5. The van der Waals surface area contributed by atoms with Crippen molar-refractivity contribution in [1.29, 1.82) is 0 Å². The summed E-state index contributed by atoms with van der Waals surface area (Å²) in [6.45, 7) is 8.85. The Morgan fingerprint density at radius 2 is 1.18 bits per heavy atom. The number of nitrogens with one attached hydrogen (secondary N) is 1. The number of nitrogens with zero attached hydrogens (tertiary/aromatic N) is 2. The average molecular weight is 606 g/mol. The first-order valence-corrected chi connectivity index (χ1v) is 14.4. The van der Waals surface area contributed by atoms with Crippen molar-refractivity contribution >= 4 is 33.7 Å². The Balaban J connectivity index is 0.000000175.